The van der Waals surface area contributed by atoms with Crippen LogP contribution < -0.4 is 4.74 Å². The van der Waals surface area contributed by atoms with E-state index in [1.807, 2.05) is 30.3 Å². The van der Waals surface area contributed by atoms with Gasteiger partial charge in [-0.1, -0.05) is 41.6 Å². The van der Waals surface area contributed by atoms with Gasteiger partial charge in [-0.25, -0.2) is 0 Å². The lowest BCUT2D eigenvalue weighted by Gasteiger charge is -2.12. The van der Waals surface area contributed by atoms with Gasteiger partial charge < -0.3 is 9.94 Å². The molecule has 0 unspecified atom stereocenters. The summed E-state index contributed by atoms with van der Waals surface area (Å²) in [5.74, 6) is 0.893. The number of benzene rings is 2. The van der Waals surface area contributed by atoms with Crippen molar-refractivity contribution >= 4 is 5.71 Å². The summed E-state index contributed by atoms with van der Waals surface area (Å²) in [7, 11) is 0. The molecule has 0 spiro atoms. The van der Waals surface area contributed by atoms with E-state index in [2.05, 4.69) is 24.2 Å². The third-order valence-electron chi connectivity index (χ3n) is 3.82. The van der Waals surface area contributed by atoms with Crippen molar-refractivity contribution in [2.24, 2.45) is 5.16 Å². The van der Waals surface area contributed by atoms with Gasteiger partial charge in [0, 0.05) is 11.1 Å². The highest BCUT2D eigenvalue weighted by molar-refractivity contribution is 6.04. The van der Waals surface area contributed by atoms with E-state index >= 15 is 0 Å². The van der Waals surface area contributed by atoms with E-state index in [1.54, 1.807) is 0 Å². The number of nitrogens with zero attached hydrogens (tertiary/aromatic N) is 1. The molecule has 0 amide bonds. The molecule has 0 fully saturated rings. The SMILES string of the molecule is Cc1ccccc1COc1cccc2c1CCC2=NO. The fourth-order valence-corrected chi connectivity index (χ4v) is 2.64. The molecule has 20 heavy (non-hydrogen) atoms. The zero-order valence-corrected chi connectivity index (χ0v) is 11.5. The van der Waals surface area contributed by atoms with Gasteiger partial charge in [0.2, 0.25) is 0 Å². The molecule has 0 saturated carbocycles. The molecule has 0 radical (unpaired) electrons. The van der Waals surface area contributed by atoms with Gasteiger partial charge in [0.25, 0.3) is 0 Å². The van der Waals surface area contributed by atoms with Gasteiger partial charge in [-0.3, -0.25) is 0 Å². The van der Waals surface area contributed by atoms with Gasteiger partial charge in [-0.05, 0) is 37.0 Å². The predicted octanol–water partition coefficient (Wildman–Crippen LogP) is 3.70. The Labute approximate surface area is 118 Å². The minimum Gasteiger partial charge on any atom is -0.489 e. The van der Waals surface area contributed by atoms with Crippen LogP contribution in [0, 0.1) is 6.92 Å². The largest absolute Gasteiger partial charge is 0.489 e. The van der Waals surface area contributed by atoms with Gasteiger partial charge in [-0.2, -0.15) is 0 Å². The topological polar surface area (TPSA) is 41.8 Å². The number of ether oxygens (including phenoxy) is 1. The van der Waals surface area contributed by atoms with Crippen LogP contribution in [0.4, 0.5) is 0 Å². The molecule has 0 saturated heterocycles. The molecule has 0 heterocycles. The third-order valence-corrected chi connectivity index (χ3v) is 3.82. The summed E-state index contributed by atoms with van der Waals surface area (Å²) in [6, 6.07) is 14.1. The fourth-order valence-electron chi connectivity index (χ4n) is 2.64. The van der Waals surface area contributed by atoms with Crippen LogP contribution in [0.1, 0.15) is 28.7 Å². The van der Waals surface area contributed by atoms with Gasteiger partial charge in [-0.15, -0.1) is 0 Å². The van der Waals surface area contributed by atoms with E-state index in [1.165, 1.54) is 11.1 Å². The Morgan fingerprint density at radius 3 is 2.75 bits per heavy atom. The zero-order valence-electron chi connectivity index (χ0n) is 11.5. The Hall–Kier alpha value is -2.29. The normalized spacial score (nSPS) is 15.3. The molecule has 1 aliphatic rings. The van der Waals surface area contributed by atoms with Gasteiger partial charge in [0.1, 0.15) is 12.4 Å². The lowest BCUT2D eigenvalue weighted by molar-refractivity contribution is 0.302. The summed E-state index contributed by atoms with van der Waals surface area (Å²) in [4.78, 5) is 0. The fraction of sp³-hybridized carbons (Fsp3) is 0.235. The van der Waals surface area contributed by atoms with E-state index in [0.717, 1.165) is 35.4 Å². The number of hydrogen-bond donors (Lipinski definition) is 1. The van der Waals surface area contributed by atoms with Gasteiger partial charge in [0.15, 0.2) is 0 Å². The second-order valence-electron chi connectivity index (χ2n) is 5.04. The summed E-state index contributed by atoms with van der Waals surface area (Å²) in [5, 5.41) is 12.4. The molecule has 0 atom stereocenters. The molecule has 102 valence electrons. The Morgan fingerprint density at radius 1 is 1.10 bits per heavy atom. The highest BCUT2D eigenvalue weighted by Gasteiger charge is 2.21. The molecule has 0 aliphatic heterocycles. The van der Waals surface area contributed by atoms with Crippen molar-refractivity contribution in [2.45, 2.75) is 26.4 Å². The maximum Gasteiger partial charge on any atom is 0.123 e. The first kappa shape index (κ1) is 12.7. The lowest BCUT2D eigenvalue weighted by Crippen LogP contribution is -2.00. The van der Waals surface area contributed by atoms with Crippen LogP contribution in [0.2, 0.25) is 0 Å². The Morgan fingerprint density at radius 2 is 1.95 bits per heavy atom. The van der Waals surface area contributed by atoms with Crippen LogP contribution in [0.5, 0.6) is 5.75 Å². The molecule has 3 rings (SSSR count). The summed E-state index contributed by atoms with van der Waals surface area (Å²) in [6.07, 6.45) is 1.65. The maximum atomic E-state index is 9.00. The van der Waals surface area contributed by atoms with E-state index < -0.39 is 0 Å². The first-order valence-corrected chi connectivity index (χ1v) is 6.80. The average Bonchev–Trinajstić information content (AvgIpc) is 2.90. The average molecular weight is 267 g/mol. The van der Waals surface area contributed by atoms with Crippen LogP contribution >= 0.6 is 0 Å². The van der Waals surface area contributed by atoms with Gasteiger partial charge >= 0.3 is 0 Å². The highest BCUT2D eigenvalue weighted by atomic mass is 16.5. The summed E-state index contributed by atoms with van der Waals surface area (Å²) >= 11 is 0. The number of rotatable bonds is 3. The summed E-state index contributed by atoms with van der Waals surface area (Å²) in [5.41, 5.74) is 5.34. The summed E-state index contributed by atoms with van der Waals surface area (Å²) < 4.78 is 5.97. The quantitative estimate of drug-likeness (QED) is 0.680. The molecule has 3 nitrogen and oxygen atoms in total. The van der Waals surface area contributed by atoms with E-state index in [4.69, 9.17) is 9.94 Å². The number of hydrogen-bond acceptors (Lipinski definition) is 3. The molecule has 3 heteroatoms. The number of oxime groups is 1. The van der Waals surface area contributed by atoms with Crippen molar-refractivity contribution < 1.29 is 9.94 Å². The number of fused-ring (bicyclic) bond motifs is 1. The van der Waals surface area contributed by atoms with E-state index in [0.29, 0.717) is 6.61 Å². The molecular formula is C17H17NO2. The first-order chi connectivity index (χ1) is 9.79. The molecular weight excluding hydrogens is 250 g/mol. The minimum absolute atomic E-state index is 0.564. The highest BCUT2D eigenvalue weighted by Crippen LogP contribution is 2.31. The minimum atomic E-state index is 0.564. The Bertz CT molecular complexity index is 662. The predicted molar refractivity (Wildman–Crippen MR) is 78.6 cm³/mol. The monoisotopic (exact) mass is 267 g/mol. The molecule has 1 N–H and O–H groups in total. The van der Waals surface area contributed by atoms with Crippen molar-refractivity contribution in [3.8, 4) is 5.75 Å². The second kappa shape index (κ2) is 5.37. The van der Waals surface area contributed by atoms with Crippen molar-refractivity contribution in [1.82, 2.24) is 0 Å². The third kappa shape index (κ3) is 2.27. The van der Waals surface area contributed by atoms with Gasteiger partial charge in [0.05, 0.1) is 5.71 Å². The van der Waals surface area contributed by atoms with E-state index in [9.17, 15) is 0 Å². The molecule has 1 aliphatic carbocycles. The van der Waals surface area contributed by atoms with Crippen molar-refractivity contribution in [3.05, 3.63) is 64.7 Å². The van der Waals surface area contributed by atoms with Crippen LogP contribution in [0.15, 0.2) is 47.6 Å². The molecule has 0 bridgehead atoms. The Kier molecular flexibility index (Phi) is 3.42. The smallest absolute Gasteiger partial charge is 0.123 e. The maximum absolute atomic E-state index is 9.00. The summed E-state index contributed by atoms with van der Waals surface area (Å²) in [6.45, 7) is 2.65. The standard InChI is InChI=1S/C17H17NO2/c1-12-5-2-3-6-13(12)11-20-17-8-4-7-14-15(17)9-10-16(14)18-19/h2-8,19H,9-11H2,1H3. The van der Waals surface area contributed by atoms with Crippen LogP contribution in [-0.2, 0) is 13.0 Å². The van der Waals surface area contributed by atoms with Crippen molar-refractivity contribution in [2.75, 3.05) is 0 Å². The lowest BCUT2D eigenvalue weighted by atomic mass is 10.1. The van der Waals surface area contributed by atoms with Crippen LogP contribution in [0.3, 0.4) is 0 Å². The Balaban J connectivity index is 1.83. The van der Waals surface area contributed by atoms with Crippen molar-refractivity contribution in [3.63, 3.8) is 0 Å². The van der Waals surface area contributed by atoms with E-state index in [-0.39, 0.29) is 0 Å². The van der Waals surface area contributed by atoms with Crippen molar-refractivity contribution in [1.29, 1.82) is 0 Å². The van der Waals surface area contributed by atoms with Crippen LogP contribution in [-0.4, -0.2) is 10.9 Å². The number of aryl methyl sites for hydroxylation is 1. The molecule has 2 aromatic carbocycles. The molecule has 0 aromatic heterocycles. The zero-order chi connectivity index (χ0) is 13.9. The van der Waals surface area contributed by atoms with Crippen LogP contribution in [0.25, 0.3) is 0 Å². The second-order valence-corrected chi connectivity index (χ2v) is 5.04. The first-order valence-electron chi connectivity index (χ1n) is 6.80. The molecule has 2 aromatic rings.